The van der Waals surface area contributed by atoms with E-state index < -0.39 is 52.0 Å². The molecule has 8 heterocycles. The van der Waals surface area contributed by atoms with Gasteiger partial charge in [0.15, 0.2) is 28.7 Å². The van der Waals surface area contributed by atoms with Gasteiger partial charge in [-0.25, -0.2) is 36.9 Å². The Morgan fingerprint density at radius 3 is 2.45 bits per heavy atom. The number of anilines is 3. The standard InChI is InChI=1S/C52H53F4N15O3/c1-27(2)42-45(28(3)14-15-57-42)70-47-32(22-36(55)43(61-47)40-34(53)8-7-9-38(40)72)46(63-52(70)74)69-21-20-67(25-30(69)5)49(73)29(4)24-68(26-39-59-37-13-12-35(54)41(56)44(37)60-39)51-64-50(66-18-16-65(6)17-19-66)62-48-33(31-10-11-31)23-58-71(48)51/h7-9,12-15,22-23,27,30-31,72H,4,10-11,16-21,24-26H2,1-3,5-6H3,(H,59,60)/t30-/m0/s1. The molecule has 0 bridgehead atoms. The molecule has 2 saturated heterocycles. The zero-order valence-corrected chi connectivity index (χ0v) is 41.5. The molecule has 1 atom stereocenters. The normalized spacial score (nSPS) is 16.6. The van der Waals surface area contributed by atoms with Crippen molar-refractivity contribution in [2.75, 3.05) is 74.1 Å². The number of aromatic amines is 1. The minimum atomic E-state index is -1.09. The van der Waals surface area contributed by atoms with Crippen LogP contribution in [0.3, 0.4) is 0 Å². The number of fused-ring (bicyclic) bond motifs is 3. The summed E-state index contributed by atoms with van der Waals surface area (Å²) < 4.78 is 64.3. The summed E-state index contributed by atoms with van der Waals surface area (Å²) in [6, 6.07) is 8.41. The minimum absolute atomic E-state index is 0.0374. The number of hydrogen-bond donors (Lipinski definition) is 2. The summed E-state index contributed by atoms with van der Waals surface area (Å²) in [4.78, 5) is 70.3. The van der Waals surface area contributed by atoms with Crippen molar-refractivity contribution in [3.8, 4) is 22.7 Å². The van der Waals surface area contributed by atoms with Crippen molar-refractivity contribution < 1.29 is 27.5 Å². The quantitative estimate of drug-likeness (QED) is 0.0964. The van der Waals surface area contributed by atoms with Crippen molar-refractivity contribution >= 4 is 51.3 Å². The highest BCUT2D eigenvalue weighted by Crippen LogP contribution is 2.43. The number of likely N-dealkylation sites (N-methyl/N-ethyl adjacent to an activating group) is 1. The number of pyridine rings is 2. The van der Waals surface area contributed by atoms with Crippen LogP contribution < -0.4 is 20.4 Å². The molecule has 0 unspecified atom stereocenters. The highest BCUT2D eigenvalue weighted by atomic mass is 19.2. The van der Waals surface area contributed by atoms with Gasteiger partial charge in [-0.05, 0) is 87.5 Å². The van der Waals surface area contributed by atoms with Gasteiger partial charge in [-0.1, -0.05) is 26.5 Å². The molecule has 3 aliphatic rings. The van der Waals surface area contributed by atoms with Crippen molar-refractivity contribution in [3.63, 3.8) is 0 Å². The number of aromatic nitrogens is 10. The lowest BCUT2D eigenvalue weighted by molar-refractivity contribution is -0.127. The van der Waals surface area contributed by atoms with Crippen molar-refractivity contribution in [2.45, 2.75) is 65.0 Å². The second kappa shape index (κ2) is 18.8. The van der Waals surface area contributed by atoms with Crippen LogP contribution in [0.25, 0.3) is 44.7 Å². The molecule has 2 aromatic carbocycles. The Hall–Kier alpha value is -8.01. The van der Waals surface area contributed by atoms with Crippen LogP contribution in [0.5, 0.6) is 5.75 Å². The van der Waals surface area contributed by atoms with Gasteiger partial charge in [0, 0.05) is 69.2 Å². The maximum atomic E-state index is 16.5. The van der Waals surface area contributed by atoms with Crippen molar-refractivity contribution in [3.05, 3.63) is 123 Å². The van der Waals surface area contributed by atoms with Gasteiger partial charge in [0.05, 0.1) is 47.1 Å². The average Bonchev–Trinajstić information content (AvgIpc) is 3.99. The van der Waals surface area contributed by atoms with Gasteiger partial charge in [-0.15, -0.1) is 0 Å². The maximum absolute atomic E-state index is 16.5. The Balaban J connectivity index is 0.934. The number of nitrogens with zero attached hydrogens (tertiary/aromatic N) is 14. The van der Waals surface area contributed by atoms with Crippen LogP contribution in [0.4, 0.5) is 35.3 Å². The van der Waals surface area contributed by atoms with E-state index in [-0.39, 0.29) is 83.8 Å². The van der Waals surface area contributed by atoms with Crippen molar-refractivity contribution in [1.82, 2.24) is 58.9 Å². The average molecular weight is 1010 g/mol. The fraction of sp³-hybridized carbons (Fsp3) is 0.365. The summed E-state index contributed by atoms with van der Waals surface area (Å²) in [5, 5.41) is 15.7. The molecule has 1 aliphatic carbocycles. The van der Waals surface area contributed by atoms with Gasteiger partial charge in [-0.3, -0.25) is 9.78 Å². The number of imidazole rings is 1. The minimum Gasteiger partial charge on any atom is -0.507 e. The zero-order chi connectivity index (χ0) is 51.9. The van der Waals surface area contributed by atoms with Gasteiger partial charge in [0.2, 0.25) is 11.9 Å². The molecule has 22 heteroatoms. The molecule has 382 valence electrons. The molecule has 74 heavy (non-hydrogen) atoms. The molecule has 3 fully saturated rings. The van der Waals surface area contributed by atoms with Gasteiger partial charge < -0.3 is 34.6 Å². The highest BCUT2D eigenvalue weighted by Gasteiger charge is 2.35. The lowest BCUT2D eigenvalue weighted by atomic mass is 10.0. The first-order valence-electron chi connectivity index (χ1n) is 24.6. The van der Waals surface area contributed by atoms with Gasteiger partial charge in [0.1, 0.15) is 34.4 Å². The fourth-order valence-electron chi connectivity index (χ4n) is 10.1. The van der Waals surface area contributed by atoms with Crippen LogP contribution in [0.15, 0.2) is 71.8 Å². The number of nitrogens with one attached hydrogen (secondary N) is 1. The van der Waals surface area contributed by atoms with E-state index in [1.54, 1.807) is 39.7 Å². The smallest absolute Gasteiger partial charge is 0.355 e. The first-order chi connectivity index (χ1) is 35.5. The van der Waals surface area contributed by atoms with Crippen LogP contribution in [-0.2, 0) is 11.3 Å². The van der Waals surface area contributed by atoms with E-state index in [2.05, 4.69) is 48.3 Å². The van der Waals surface area contributed by atoms with E-state index in [1.807, 2.05) is 25.7 Å². The number of carbonyl (C=O) groups is 1. The van der Waals surface area contributed by atoms with E-state index in [0.29, 0.717) is 53.5 Å². The van der Waals surface area contributed by atoms with E-state index in [9.17, 15) is 19.1 Å². The SMILES string of the molecule is C=C(CN(Cc1nc2c(F)c(F)ccc2[nH]1)c1nc(N2CCN(C)CC2)nc2c(C3CC3)cnn12)C(=O)N1CCN(c2nc(=O)n(-c3c(C)ccnc3C(C)C)c3nc(-c4c(O)cccc4F)c(F)cc23)[C@@H](C)C1. The lowest BCUT2D eigenvalue weighted by Crippen LogP contribution is -2.55. The number of aromatic hydroxyl groups is 1. The molecule has 0 spiro atoms. The number of benzene rings is 2. The Bertz CT molecular complexity index is 3600. The van der Waals surface area contributed by atoms with Gasteiger partial charge in [0.25, 0.3) is 5.91 Å². The second-order valence-corrected chi connectivity index (χ2v) is 19.8. The first-order valence-corrected chi connectivity index (χ1v) is 24.6. The van der Waals surface area contributed by atoms with E-state index in [1.165, 1.54) is 22.8 Å². The summed E-state index contributed by atoms with van der Waals surface area (Å²) in [7, 11) is 2.06. The van der Waals surface area contributed by atoms with Crippen LogP contribution in [0.2, 0.25) is 0 Å². The molecule has 2 N–H and O–H groups in total. The summed E-state index contributed by atoms with van der Waals surface area (Å²) in [6.45, 7) is 15.0. The zero-order valence-electron chi connectivity index (χ0n) is 41.5. The van der Waals surface area contributed by atoms with Gasteiger partial charge in [-0.2, -0.15) is 24.6 Å². The molecule has 11 rings (SSSR count). The molecule has 18 nitrogen and oxygen atoms in total. The van der Waals surface area contributed by atoms with E-state index in [4.69, 9.17) is 15.1 Å². The number of aryl methyl sites for hydroxylation is 1. The number of hydrogen-bond acceptors (Lipinski definition) is 14. The highest BCUT2D eigenvalue weighted by molar-refractivity contribution is 5.95. The van der Waals surface area contributed by atoms with Gasteiger partial charge >= 0.3 is 5.69 Å². The third-order valence-corrected chi connectivity index (χ3v) is 14.2. The van der Waals surface area contributed by atoms with Crippen LogP contribution in [-0.4, -0.2) is 135 Å². The van der Waals surface area contributed by atoms with Crippen molar-refractivity contribution in [2.24, 2.45) is 0 Å². The number of phenolic OH excluding ortho intramolecular Hbond substituents is 1. The van der Waals surface area contributed by atoms with E-state index in [0.717, 1.165) is 49.7 Å². The predicted octanol–water partition coefficient (Wildman–Crippen LogP) is 6.78. The molecule has 1 saturated carbocycles. The monoisotopic (exact) mass is 1010 g/mol. The third-order valence-electron chi connectivity index (χ3n) is 14.2. The number of carbonyl (C=O) groups excluding carboxylic acids is 1. The molecule has 6 aromatic heterocycles. The number of amides is 1. The largest absolute Gasteiger partial charge is 0.507 e. The maximum Gasteiger partial charge on any atom is 0.355 e. The van der Waals surface area contributed by atoms with Crippen LogP contribution >= 0.6 is 0 Å². The number of halogens is 4. The summed E-state index contributed by atoms with van der Waals surface area (Å²) >= 11 is 0. The molecule has 8 aromatic rings. The summed E-state index contributed by atoms with van der Waals surface area (Å²) in [5.41, 5.74) is 1.78. The topological polar surface area (TPSA) is 186 Å². The Kier molecular flexibility index (Phi) is 12.3. The Labute approximate surface area is 421 Å². The first kappa shape index (κ1) is 48.3. The van der Waals surface area contributed by atoms with Crippen LogP contribution in [0, 0.1) is 30.2 Å². The summed E-state index contributed by atoms with van der Waals surface area (Å²) in [5.74, 6) is -3.57. The molecule has 1 amide bonds. The van der Waals surface area contributed by atoms with Crippen molar-refractivity contribution in [1.29, 1.82) is 0 Å². The number of H-pyrrole nitrogens is 1. The Morgan fingerprint density at radius 1 is 0.932 bits per heavy atom. The fourth-order valence-corrected chi connectivity index (χ4v) is 10.1. The number of phenols is 1. The lowest BCUT2D eigenvalue weighted by Gasteiger charge is -2.41. The summed E-state index contributed by atoms with van der Waals surface area (Å²) in [6.07, 6.45) is 5.43. The number of piperazine rings is 2. The number of rotatable bonds is 12. The predicted molar refractivity (Wildman–Crippen MR) is 271 cm³/mol. The second-order valence-electron chi connectivity index (χ2n) is 19.8. The molecule has 0 radical (unpaired) electrons. The molecular weight excluding hydrogens is 959 g/mol. The van der Waals surface area contributed by atoms with E-state index >= 15 is 13.2 Å². The Morgan fingerprint density at radius 2 is 1.72 bits per heavy atom. The molecular formula is C52H53F4N15O3. The third kappa shape index (κ3) is 8.58. The van der Waals surface area contributed by atoms with Crippen LogP contribution in [0.1, 0.15) is 68.1 Å². The molecule has 2 aliphatic heterocycles.